The van der Waals surface area contributed by atoms with Crippen LogP contribution in [0, 0.1) is 0 Å². The van der Waals surface area contributed by atoms with Crippen molar-refractivity contribution in [1.29, 1.82) is 0 Å². The molecule has 0 atom stereocenters. The van der Waals surface area contributed by atoms with E-state index in [1.807, 2.05) is 24.3 Å². The molecule has 3 heteroatoms. The Kier molecular flexibility index (Phi) is 2.51. The van der Waals surface area contributed by atoms with Crippen LogP contribution < -0.4 is 5.73 Å². The van der Waals surface area contributed by atoms with Crippen LogP contribution in [0.2, 0.25) is 0 Å². The van der Waals surface area contributed by atoms with Gasteiger partial charge in [-0.1, -0.05) is 0 Å². The minimum absolute atomic E-state index is 0.542. The summed E-state index contributed by atoms with van der Waals surface area (Å²) in [4.78, 5) is 8.24. The van der Waals surface area contributed by atoms with E-state index in [-0.39, 0.29) is 0 Å². The van der Waals surface area contributed by atoms with Gasteiger partial charge in [0.15, 0.2) is 0 Å². The number of pyridine rings is 2. The molecule has 0 amide bonds. The van der Waals surface area contributed by atoms with Gasteiger partial charge in [-0.15, -0.1) is 0 Å². The van der Waals surface area contributed by atoms with Gasteiger partial charge in [0, 0.05) is 30.7 Å². The van der Waals surface area contributed by atoms with E-state index < -0.39 is 0 Å². The van der Waals surface area contributed by atoms with E-state index in [0.717, 1.165) is 16.8 Å². The zero-order valence-electron chi connectivity index (χ0n) is 7.72. The van der Waals surface area contributed by atoms with E-state index in [1.165, 1.54) is 0 Å². The highest BCUT2D eigenvalue weighted by molar-refractivity contribution is 5.58. The van der Waals surface area contributed by atoms with Crippen molar-refractivity contribution in [2.24, 2.45) is 5.73 Å². The van der Waals surface area contributed by atoms with Crippen molar-refractivity contribution in [3.63, 3.8) is 0 Å². The van der Waals surface area contributed by atoms with Gasteiger partial charge in [0.05, 0.1) is 5.69 Å². The van der Waals surface area contributed by atoms with E-state index in [4.69, 9.17) is 5.73 Å². The molecule has 2 aromatic rings. The molecule has 2 rings (SSSR count). The highest BCUT2D eigenvalue weighted by atomic mass is 14.7. The smallest absolute Gasteiger partial charge is 0.0706 e. The summed E-state index contributed by atoms with van der Waals surface area (Å²) in [7, 11) is 0. The molecule has 0 aromatic carbocycles. The monoisotopic (exact) mass is 185 g/mol. The lowest BCUT2D eigenvalue weighted by Gasteiger charge is -2.01. The van der Waals surface area contributed by atoms with Gasteiger partial charge in [0.25, 0.3) is 0 Å². The van der Waals surface area contributed by atoms with Crippen LogP contribution in [-0.2, 0) is 6.54 Å². The molecular weight excluding hydrogens is 174 g/mol. The van der Waals surface area contributed by atoms with E-state index in [2.05, 4.69) is 9.97 Å². The third-order valence-electron chi connectivity index (χ3n) is 2.04. The van der Waals surface area contributed by atoms with Gasteiger partial charge in [0.1, 0.15) is 0 Å². The molecule has 0 aliphatic rings. The summed E-state index contributed by atoms with van der Waals surface area (Å²) in [5, 5.41) is 0. The van der Waals surface area contributed by atoms with Crippen LogP contribution in [0.25, 0.3) is 11.3 Å². The third kappa shape index (κ3) is 1.78. The maximum atomic E-state index is 5.56. The fraction of sp³-hybridized carbons (Fsp3) is 0.0909. The van der Waals surface area contributed by atoms with Crippen LogP contribution in [0.15, 0.2) is 42.9 Å². The second-order valence-electron chi connectivity index (χ2n) is 2.99. The first kappa shape index (κ1) is 8.84. The van der Waals surface area contributed by atoms with Gasteiger partial charge in [-0.05, 0) is 29.8 Å². The summed E-state index contributed by atoms with van der Waals surface area (Å²) >= 11 is 0. The number of nitrogens with two attached hydrogens (primary N) is 1. The van der Waals surface area contributed by atoms with E-state index >= 15 is 0 Å². The number of hydrogen-bond donors (Lipinski definition) is 1. The molecule has 2 N–H and O–H groups in total. The minimum Gasteiger partial charge on any atom is -0.326 e. The molecule has 2 heterocycles. The molecule has 0 radical (unpaired) electrons. The third-order valence-corrected chi connectivity index (χ3v) is 2.04. The second kappa shape index (κ2) is 3.98. The Hall–Kier alpha value is -1.74. The summed E-state index contributed by atoms with van der Waals surface area (Å²) < 4.78 is 0. The van der Waals surface area contributed by atoms with Crippen molar-refractivity contribution in [3.8, 4) is 11.3 Å². The first-order valence-electron chi connectivity index (χ1n) is 4.45. The fourth-order valence-corrected chi connectivity index (χ4v) is 1.28. The van der Waals surface area contributed by atoms with Crippen LogP contribution in [0.5, 0.6) is 0 Å². The highest BCUT2D eigenvalue weighted by Gasteiger charge is 1.98. The largest absolute Gasteiger partial charge is 0.326 e. The summed E-state index contributed by atoms with van der Waals surface area (Å²) in [5.74, 6) is 0. The van der Waals surface area contributed by atoms with Gasteiger partial charge in [-0.25, -0.2) is 0 Å². The van der Waals surface area contributed by atoms with Gasteiger partial charge < -0.3 is 5.73 Å². The number of hydrogen-bond acceptors (Lipinski definition) is 3. The van der Waals surface area contributed by atoms with Crippen LogP contribution in [0.4, 0.5) is 0 Å². The maximum Gasteiger partial charge on any atom is 0.0706 e. The Morgan fingerprint density at radius 2 is 1.86 bits per heavy atom. The van der Waals surface area contributed by atoms with Crippen LogP contribution in [0.1, 0.15) is 5.56 Å². The Morgan fingerprint density at radius 3 is 2.57 bits per heavy atom. The molecule has 3 nitrogen and oxygen atoms in total. The predicted molar refractivity (Wildman–Crippen MR) is 55.4 cm³/mol. The second-order valence-corrected chi connectivity index (χ2v) is 2.99. The van der Waals surface area contributed by atoms with Crippen LogP contribution in [0.3, 0.4) is 0 Å². The van der Waals surface area contributed by atoms with Gasteiger partial charge in [-0.2, -0.15) is 0 Å². The Morgan fingerprint density at radius 1 is 1.07 bits per heavy atom. The average molecular weight is 185 g/mol. The average Bonchev–Trinajstić information content (AvgIpc) is 2.30. The fourth-order valence-electron chi connectivity index (χ4n) is 1.28. The van der Waals surface area contributed by atoms with Crippen LogP contribution >= 0.6 is 0 Å². The minimum atomic E-state index is 0.542. The molecule has 0 fully saturated rings. The van der Waals surface area contributed by atoms with Gasteiger partial charge in [-0.3, -0.25) is 9.97 Å². The van der Waals surface area contributed by atoms with Gasteiger partial charge >= 0.3 is 0 Å². The zero-order valence-corrected chi connectivity index (χ0v) is 7.72. The zero-order chi connectivity index (χ0) is 9.80. The quantitative estimate of drug-likeness (QED) is 0.773. The van der Waals surface area contributed by atoms with E-state index in [9.17, 15) is 0 Å². The molecule has 0 saturated heterocycles. The number of nitrogens with zero attached hydrogens (tertiary/aromatic N) is 2. The normalized spacial score (nSPS) is 10.1. The van der Waals surface area contributed by atoms with Crippen molar-refractivity contribution >= 4 is 0 Å². The standard InChI is InChI=1S/C11H11N3/c12-8-9-1-6-14-11(7-9)10-2-4-13-5-3-10/h1-7H,8,12H2. The molecule has 0 aliphatic carbocycles. The Bertz CT molecular complexity index is 412. The summed E-state index contributed by atoms with van der Waals surface area (Å²) in [6.45, 7) is 0.542. The molecular formula is C11H11N3. The van der Waals surface area contributed by atoms with Crippen molar-refractivity contribution in [2.45, 2.75) is 6.54 Å². The molecule has 0 spiro atoms. The van der Waals surface area contributed by atoms with Crippen molar-refractivity contribution in [2.75, 3.05) is 0 Å². The first-order valence-corrected chi connectivity index (χ1v) is 4.45. The summed E-state index contributed by atoms with van der Waals surface area (Å²) in [6.07, 6.45) is 5.29. The van der Waals surface area contributed by atoms with Crippen molar-refractivity contribution < 1.29 is 0 Å². The summed E-state index contributed by atoms with van der Waals surface area (Å²) in [5.41, 5.74) is 8.65. The lowest BCUT2D eigenvalue weighted by Crippen LogP contribution is -1.96. The molecule has 0 bridgehead atoms. The SMILES string of the molecule is NCc1ccnc(-c2ccncc2)c1. The lowest BCUT2D eigenvalue weighted by atomic mass is 10.1. The Balaban J connectivity index is 2.42. The molecule has 0 saturated carbocycles. The molecule has 14 heavy (non-hydrogen) atoms. The van der Waals surface area contributed by atoms with Crippen molar-refractivity contribution in [3.05, 3.63) is 48.4 Å². The first-order chi connectivity index (χ1) is 6.90. The molecule has 0 aliphatic heterocycles. The molecule has 0 unspecified atom stereocenters. The predicted octanol–water partition coefficient (Wildman–Crippen LogP) is 1.60. The topological polar surface area (TPSA) is 51.8 Å². The highest BCUT2D eigenvalue weighted by Crippen LogP contribution is 2.15. The lowest BCUT2D eigenvalue weighted by molar-refractivity contribution is 1.06. The number of rotatable bonds is 2. The van der Waals surface area contributed by atoms with Crippen LogP contribution in [-0.4, -0.2) is 9.97 Å². The van der Waals surface area contributed by atoms with E-state index in [0.29, 0.717) is 6.54 Å². The molecule has 2 aromatic heterocycles. The summed E-state index contributed by atoms with van der Waals surface area (Å²) in [6, 6.07) is 7.78. The van der Waals surface area contributed by atoms with Gasteiger partial charge in [0.2, 0.25) is 0 Å². The van der Waals surface area contributed by atoms with E-state index in [1.54, 1.807) is 18.6 Å². The number of aromatic nitrogens is 2. The maximum absolute atomic E-state index is 5.56. The Labute approximate surface area is 82.6 Å². The van der Waals surface area contributed by atoms with Crippen molar-refractivity contribution in [1.82, 2.24) is 9.97 Å². The molecule has 70 valence electrons.